The fourth-order valence-electron chi connectivity index (χ4n) is 3.57. The predicted molar refractivity (Wildman–Crippen MR) is 103 cm³/mol. The number of morpholine rings is 1. The van der Waals surface area contributed by atoms with E-state index in [0.29, 0.717) is 43.1 Å². The second-order valence-electron chi connectivity index (χ2n) is 6.70. The summed E-state index contributed by atoms with van der Waals surface area (Å²) in [5.41, 5.74) is 9.43. The summed E-state index contributed by atoms with van der Waals surface area (Å²) in [6.45, 7) is 6.87. The summed E-state index contributed by atoms with van der Waals surface area (Å²) >= 11 is 0. The summed E-state index contributed by atoms with van der Waals surface area (Å²) in [6, 6.07) is 7.78. The van der Waals surface area contributed by atoms with Gasteiger partial charge in [0.2, 0.25) is 0 Å². The van der Waals surface area contributed by atoms with Crippen LogP contribution in [0.4, 0.5) is 0 Å². The number of nitrogens with one attached hydrogen (secondary N) is 1. The van der Waals surface area contributed by atoms with Crippen LogP contribution >= 0.6 is 0 Å². The minimum atomic E-state index is -0.724. The summed E-state index contributed by atoms with van der Waals surface area (Å²) in [6.07, 6.45) is -0.151. The van der Waals surface area contributed by atoms with Crippen LogP contribution in [0.15, 0.2) is 30.0 Å². The van der Waals surface area contributed by atoms with Crippen LogP contribution in [0.25, 0.3) is 16.5 Å². The largest absolute Gasteiger partial charge is 0.401 e. The molecule has 0 bridgehead atoms. The van der Waals surface area contributed by atoms with Crippen LogP contribution in [-0.4, -0.2) is 53.6 Å². The van der Waals surface area contributed by atoms with Crippen LogP contribution in [0.2, 0.25) is 0 Å². The van der Waals surface area contributed by atoms with Crippen LogP contribution in [0.5, 0.6) is 0 Å². The number of aromatic amines is 1. The number of para-hydroxylation sites is 1. The highest BCUT2D eigenvalue weighted by Crippen LogP contribution is 2.34. The highest BCUT2D eigenvalue weighted by molar-refractivity contribution is 6.21. The molecule has 1 aliphatic rings. The van der Waals surface area contributed by atoms with E-state index in [4.69, 9.17) is 10.5 Å². The van der Waals surface area contributed by atoms with E-state index in [-0.39, 0.29) is 5.78 Å². The minimum absolute atomic E-state index is 0.101. The van der Waals surface area contributed by atoms with Gasteiger partial charge in [-0.1, -0.05) is 25.1 Å². The molecule has 1 aromatic heterocycles. The standard InChI is InChI=1S/C20H27N3O3/c1-3-15(21)18(13(2)24)20-19(14-6-4-5-7-16(14)22-20)17(25)12-23-8-10-26-11-9-23/h4-7,17,22,25H,3,8-12,21H2,1-2H3. The quantitative estimate of drug-likeness (QED) is 0.690. The zero-order valence-electron chi connectivity index (χ0n) is 15.4. The number of carbonyl (C=O) groups excluding carboxylic acids is 1. The van der Waals surface area contributed by atoms with E-state index in [2.05, 4.69) is 9.88 Å². The molecule has 2 aromatic rings. The molecule has 4 N–H and O–H groups in total. The Kier molecular flexibility index (Phi) is 5.76. The number of aliphatic hydroxyl groups is 1. The number of H-pyrrole nitrogens is 1. The number of allylic oxidation sites excluding steroid dienone is 2. The maximum Gasteiger partial charge on any atom is 0.163 e. The lowest BCUT2D eigenvalue weighted by Gasteiger charge is -2.29. The summed E-state index contributed by atoms with van der Waals surface area (Å²) in [5, 5.41) is 12.0. The van der Waals surface area contributed by atoms with Gasteiger partial charge in [0.25, 0.3) is 0 Å². The first-order valence-electron chi connectivity index (χ1n) is 9.11. The molecule has 0 aliphatic carbocycles. The number of carbonyl (C=O) groups is 1. The highest BCUT2D eigenvalue weighted by atomic mass is 16.5. The molecule has 1 saturated heterocycles. The Labute approximate surface area is 153 Å². The van der Waals surface area contributed by atoms with E-state index >= 15 is 0 Å². The number of ether oxygens (including phenoxy) is 1. The molecule has 1 atom stereocenters. The Morgan fingerprint density at radius 1 is 1.35 bits per heavy atom. The van der Waals surface area contributed by atoms with Crippen molar-refractivity contribution in [2.75, 3.05) is 32.8 Å². The number of nitrogens with two attached hydrogens (primary N) is 1. The fourth-order valence-corrected chi connectivity index (χ4v) is 3.57. The maximum atomic E-state index is 12.3. The molecule has 1 aliphatic heterocycles. The van der Waals surface area contributed by atoms with Crippen molar-refractivity contribution in [2.45, 2.75) is 26.4 Å². The van der Waals surface area contributed by atoms with Gasteiger partial charge in [-0.15, -0.1) is 0 Å². The van der Waals surface area contributed by atoms with Gasteiger partial charge in [0.15, 0.2) is 5.78 Å². The van der Waals surface area contributed by atoms with Gasteiger partial charge in [-0.25, -0.2) is 0 Å². The third-order valence-corrected chi connectivity index (χ3v) is 4.92. The molecule has 1 aromatic carbocycles. The number of aromatic nitrogens is 1. The Balaban J connectivity index is 2.08. The van der Waals surface area contributed by atoms with Gasteiger partial charge in [-0.3, -0.25) is 9.69 Å². The van der Waals surface area contributed by atoms with Gasteiger partial charge >= 0.3 is 0 Å². The lowest BCUT2D eigenvalue weighted by molar-refractivity contribution is -0.111. The number of aliphatic hydroxyl groups excluding tert-OH is 1. The summed E-state index contributed by atoms with van der Waals surface area (Å²) < 4.78 is 5.38. The molecule has 1 fully saturated rings. The predicted octanol–water partition coefficient (Wildman–Crippen LogP) is 2.20. The van der Waals surface area contributed by atoms with Crippen molar-refractivity contribution in [3.05, 3.63) is 41.2 Å². The Morgan fingerprint density at radius 3 is 2.69 bits per heavy atom. The number of rotatable bonds is 6. The van der Waals surface area contributed by atoms with Gasteiger partial charge in [-0.2, -0.15) is 0 Å². The number of hydrogen-bond acceptors (Lipinski definition) is 5. The first kappa shape index (κ1) is 18.6. The van der Waals surface area contributed by atoms with Gasteiger partial charge < -0.3 is 20.6 Å². The van der Waals surface area contributed by atoms with Crippen molar-refractivity contribution in [1.82, 2.24) is 9.88 Å². The average molecular weight is 357 g/mol. The number of nitrogens with zero attached hydrogens (tertiary/aromatic N) is 1. The molecule has 0 amide bonds. The molecule has 1 unspecified atom stereocenters. The molecule has 3 rings (SSSR count). The molecular weight excluding hydrogens is 330 g/mol. The van der Waals surface area contributed by atoms with E-state index in [0.717, 1.165) is 29.6 Å². The summed E-state index contributed by atoms with van der Waals surface area (Å²) in [4.78, 5) is 17.8. The topological polar surface area (TPSA) is 91.6 Å². The van der Waals surface area contributed by atoms with Crippen LogP contribution in [0.1, 0.15) is 37.6 Å². The van der Waals surface area contributed by atoms with Gasteiger partial charge in [0.1, 0.15) is 0 Å². The highest BCUT2D eigenvalue weighted by Gasteiger charge is 2.26. The van der Waals surface area contributed by atoms with E-state index in [9.17, 15) is 9.90 Å². The maximum absolute atomic E-state index is 12.3. The van der Waals surface area contributed by atoms with E-state index in [1.807, 2.05) is 31.2 Å². The Bertz CT molecular complexity index is 819. The third-order valence-electron chi connectivity index (χ3n) is 4.92. The van der Waals surface area contributed by atoms with E-state index in [1.54, 1.807) is 0 Å². The first-order valence-corrected chi connectivity index (χ1v) is 9.11. The van der Waals surface area contributed by atoms with E-state index in [1.165, 1.54) is 6.92 Å². The van der Waals surface area contributed by atoms with Gasteiger partial charge in [0.05, 0.1) is 30.6 Å². The minimum Gasteiger partial charge on any atom is -0.401 e. The van der Waals surface area contributed by atoms with Crippen molar-refractivity contribution in [1.29, 1.82) is 0 Å². The lowest BCUT2D eigenvalue weighted by Crippen LogP contribution is -2.39. The van der Waals surface area contributed by atoms with Crippen LogP contribution in [0, 0.1) is 0 Å². The zero-order valence-corrected chi connectivity index (χ0v) is 15.4. The average Bonchev–Trinajstić information content (AvgIpc) is 3.01. The molecule has 2 heterocycles. The molecule has 26 heavy (non-hydrogen) atoms. The Morgan fingerprint density at radius 2 is 2.04 bits per heavy atom. The fraction of sp³-hybridized carbons (Fsp3) is 0.450. The van der Waals surface area contributed by atoms with E-state index < -0.39 is 6.10 Å². The van der Waals surface area contributed by atoms with Crippen LogP contribution in [0.3, 0.4) is 0 Å². The summed E-state index contributed by atoms with van der Waals surface area (Å²) in [5.74, 6) is -0.101. The van der Waals surface area contributed by atoms with Crippen LogP contribution < -0.4 is 5.73 Å². The number of hydrogen-bond donors (Lipinski definition) is 3. The van der Waals surface area contributed by atoms with Crippen molar-refractivity contribution < 1.29 is 14.6 Å². The number of benzene rings is 1. The van der Waals surface area contributed by atoms with Crippen LogP contribution in [-0.2, 0) is 9.53 Å². The third kappa shape index (κ3) is 3.67. The van der Waals surface area contributed by atoms with Crippen molar-refractivity contribution in [3.8, 4) is 0 Å². The second-order valence-corrected chi connectivity index (χ2v) is 6.70. The molecule has 6 heteroatoms. The SMILES string of the molecule is CCC(N)=C(C(C)=O)c1[nH]c2ccccc2c1C(O)CN1CCOCC1. The van der Waals surface area contributed by atoms with Gasteiger partial charge in [0, 0.05) is 41.8 Å². The number of β-amino-alcohol motifs (C(OH)–C–C–N with tert-alkyl or cyclic N) is 1. The molecule has 0 saturated carbocycles. The second kappa shape index (κ2) is 8.03. The first-order chi connectivity index (χ1) is 12.5. The molecule has 6 nitrogen and oxygen atoms in total. The normalized spacial score (nSPS) is 18.0. The monoisotopic (exact) mass is 357 g/mol. The smallest absolute Gasteiger partial charge is 0.163 e. The van der Waals surface area contributed by atoms with Crippen molar-refractivity contribution in [3.63, 3.8) is 0 Å². The number of ketones is 1. The molecular formula is C20H27N3O3. The number of fused-ring (bicyclic) bond motifs is 1. The summed E-state index contributed by atoms with van der Waals surface area (Å²) in [7, 11) is 0. The zero-order chi connectivity index (χ0) is 18.7. The van der Waals surface area contributed by atoms with Crippen molar-refractivity contribution >= 4 is 22.3 Å². The molecule has 140 valence electrons. The number of Topliss-reactive ketones (excluding diaryl/α,β-unsaturated/α-hetero) is 1. The Hall–Kier alpha value is -2.15. The van der Waals surface area contributed by atoms with Gasteiger partial charge in [-0.05, 0) is 19.4 Å². The molecule has 0 spiro atoms. The lowest BCUT2D eigenvalue weighted by atomic mass is 9.96. The van der Waals surface area contributed by atoms with Crippen molar-refractivity contribution in [2.24, 2.45) is 5.73 Å². The molecule has 0 radical (unpaired) electrons.